The third-order valence-corrected chi connectivity index (χ3v) is 5.11. The van der Waals surface area contributed by atoms with Crippen molar-refractivity contribution in [2.75, 3.05) is 12.4 Å². The summed E-state index contributed by atoms with van der Waals surface area (Å²) in [5, 5.41) is 3.15. The number of hydrogen-bond donors (Lipinski definition) is 1. The van der Waals surface area contributed by atoms with E-state index in [0.29, 0.717) is 5.75 Å². The van der Waals surface area contributed by atoms with Gasteiger partial charge in [-0.1, -0.05) is 29.8 Å². The maximum atomic E-state index is 12.3. The van der Waals surface area contributed by atoms with E-state index in [9.17, 15) is 4.79 Å². The van der Waals surface area contributed by atoms with Gasteiger partial charge in [-0.15, -0.1) is 11.8 Å². The molecule has 1 amide bonds. The van der Waals surface area contributed by atoms with E-state index in [0.717, 1.165) is 29.9 Å². The smallest absolute Gasteiger partial charge is 0.230 e. The second-order valence-electron chi connectivity index (χ2n) is 5.99. The first kappa shape index (κ1) is 17.0. The van der Waals surface area contributed by atoms with Crippen molar-refractivity contribution in [3.05, 3.63) is 59.9 Å². The fourth-order valence-corrected chi connectivity index (χ4v) is 3.54. The number of amides is 1. The Balaban J connectivity index is 1.59. The first-order valence-corrected chi connectivity index (χ1v) is 9.21. The van der Waals surface area contributed by atoms with E-state index in [2.05, 4.69) is 41.5 Å². The van der Waals surface area contributed by atoms with Gasteiger partial charge in [0, 0.05) is 23.9 Å². The van der Waals surface area contributed by atoms with Crippen LogP contribution in [0.2, 0.25) is 0 Å². The van der Waals surface area contributed by atoms with Gasteiger partial charge in [0.15, 0.2) is 0 Å². The normalized spacial score (nSPS) is 20.5. The minimum Gasteiger partial charge on any atom is -0.371 e. The summed E-state index contributed by atoms with van der Waals surface area (Å²) in [6.45, 7) is 2.82. The van der Waals surface area contributed by atoms with Gasteiger partial charge in [0.1, 0.15) is 6.10 Å². The second-order valence-corrected chi connectivity index (χ2v) is 7.04. The number of nitrogens with zero attached hydrogens (tertiary/aromatic N) is 1. The minimum absolute atomic E-state index is 0.0343. The Morgan fingerprint density at radius 1 is 1.25 bits per heavy atom. The van der Waals surface area contributed by atoms with Gasteiger partial charge in [0.25, 0.3) is 0 Å². The summed E-state index contributed by atoms with van der Waals surface area (Å²) in [6, 6.07) is 12.2. The number of hydrogen-bond acceptors (Lipinski definition) is 4. The molecule has 1 fully saturated rings. The van der Waals surface area contributed by atoms with Gasteiger partial charge in [0.05, 0.1) is 11.8 Å². The van der Waals surface area contributed by atoms with Crippen LogP contribution in [0.1, 0.15) is 30.1 Å². The molecule has 0 bridgehead atoms. The summed E-state index contributed by atoms with van der Waals surface area (Å²) >= 11 is 1.52. The zero-order valence-electron chi connectivity index (χ0n) is 13.8. The van der Waals surface area contributed by atoms with Gasteiger partial charge in [0.2, 0.25) is 5.91 Å². The summed E-state index contributed by atoms with van der Waals surface area (Å²) in [6.07, 6.45) is 5.34. The van der Waals surface area contributed by atoms with Crippen molar-refractivity contribution in [1.82, 2.24) is 10.3 Å². The largest absolute Gasteiger partial charge is 0.371 e. The number of carbonyl (C=O) groups is 1. The minimum atomic E-state index is -0.0609. The van der Waals surface area contributed by atoms with Crippen molar-refractivity contribution in [1.29, 1.82) is 0 Å². The lowest BCUT2D eigenvalue weighted by Gasteiger charge is -2.32. The molecule has 1 saturated heterocycles. The first-order chi connectivity index (χ1) is 11.7. The van der Waals surface area contributed by atoms with Gasteiger partial charge in [-0.05, 0) is 37.5 Å². The van der Waals surface area contributed by atoms with E-state index in [1.165, 1.54) is 17.3 Å². The van der Waals surface area contributed by atoms with E-state index in [1.54, 1.807) is 12.4 Å². The number of nitrogens with one attached hydrogen (secondary N) is 1. The van der Waals surface area contributed by atoms with E-state index in [4.69, 9.17) is 4.74 Å². The molecule has 0 aliphatic carbocycles. The summed E-state index contributed by atoms with van der Waals surface area (Å²) < 4.78 is 5.95. The molecular weight excluding hydrogens is 320 g/mol. The summed E-state index contributed by atoms with van der Waals surface area (Å²) in [4.78, 5) is 17.3. The van der Waals surface area contributed by atoms with Crippen LogP contribution in [0.3, 0.4) is 0 Å². The molecule has 1 N–H and O–H groups in total. The van der Waals surface area contributed by atoms with Crippen molar-refractivity contribution in [2.45, 2.75) is 36.8 Å². The Kier molecular flexibility index (Phi) is 5.88. The lowest BCUT2D eigenvalue weighted by atomic mass is 9.95. The first-order valence-electron chi connectivity index (χ1n) is 8.23. The van der Waals surface area contributed by atoms with Crippen molar-refractivity contribution in [3.8, 4) is 0 Å². The lowest BCUT2D eigenvalue weighted by molar-refractivity contribution is -0.121. The van der Waals surface area contributed by atoms with Crippen LogP contribution in [0, 0.1) is 6.92 Å². The molecule has 0 spiro atoms. The number of ether oxygens (including phenoxy) is 1. The Morgan fingerprint density at radius 3 is 2.75 bits per heavy atom. The van der Waals surface area contributed by atoms with Crippen molar-refractivity contribution < 1.29 is 9.53 Å². The number of thioether (sulfide) groups is 1. The molecule has 3 rings (SSSR count). The van der Waals surface area contributed by atoms with Crippen LogP contribution in [0.15, 0.2) is 53.7 Å². The number of aryl methyl sites for hydroxylation is 1. The second kappa shape index (κ2) is 8.31. The van der Waals surface area contributed by atoms with Crippen LogP contribution in [0.25, 0.3) is 0 Å². The quantitative estimate of drug-likeness (QED) is 0.845. The standard InChI is InChI=1S/C19H22N2O2S/c1-14-4-6-15(7-5-14)19-17(3-2-12-23-19)21-18(22)13-24-16-8-10-20-11-9-16/h4-11,17,19H,2-3,12-13H2,1H3,(H,21,22). The number of aromatic nitrogens is 1. The van der Waals surface area contributed by atoms with Gasteiger partial charge in [-0.2, -0.15) is 0 Å². The Hall–Kier alpha value is -1.85. The van der Waals surface area contributed by atoms with E-state index >= 15 is 0 Å². The summed E-state index contributed by atoms with van der Waals surface area (Å²) in [7, 11) is 0. The zero-order valence-corrected chi connectivity index (χ0v) is 14.6. The highest BCUT2D eigenvalue weighted by molar-refractivity contribution is 8.00. The maximum Gasteiger partial charge on any atom is 0.230 e. The van der Waals surface area contributed by atoms with E-state index in [-0.39, 0.29) is 18.1 Å². The molecule has 0 radical (unpaired) electrons. The number of carbonyl (C=O) groups excluding carboxylic acids is 1. The van der Waals surface area contributed by atoms with Crippen molar-refractivity contribution in [3.63, 3.8) is 0 Å². The average Bonchev–Trinajstić information content (AvgIpc) is 2.62. The van der Waals surface area contributed by atoms with Crippen LogP contribution >= 0.6 is 11.8 Å². The average molecular weight is 342 g/mol. The van der Waals surface area contributed by atoms with Gasteiger partial charge in [-0.3, -0.25) is 9.78 Å². The molecule has 126 valence electrons. The molecule has 2 atom stereocenters. The van der Waals surface area contributed by atoms with E-state index in [1.807, 2.05) is 12.1 Å². The molecule has 1 aromatic carbocycles. The van der Waals surface area contributed by atoms with Crippen LogP contribution in [-0.4, -0.2) is 29.3 Å². The number of pyridine rings is 1. The fourth-order valence-electron chi connectivity index (χ4n) is 2.85. The third-order valence-electron chi connectivity index (χ3n) is 4.09. The number of benzene rings is 1. The van der Waals surface area contributed by atoms with Crippen LogP contribution in [0.5, 0.6) is 0 Å². The monoisotopic (exact) mass is 342 g/mol. The van der Waals surface area contributed by atoms with Crippen LogP contribution in [-0.2, 0) is 9.53 Å². The van der Waals surface area contributed by atoms with Gasteiger partial charge >= 0.3 is 0 Å². The van der Waals surface area contributed by atoms with Gasteiger partial charge in [-0.25, -0.2) is 0 Å². The molecule has 2 unspecified atom stereocenters. The highest BCUT2D eigenvalue weighted by Gasteiger charge is 2.28. The molecule has 24 heavy (non-hydrogen) atoms. The third kappa shape index (κ3) is 4.58. The molecule has 2 aromatic rings. The van der Waals surface area contributed by atoms with Crippen molar-refractivity contribution >= 4 is 17.7 Å². The highest BCUT2D eigenvalue weighted by Crippen LogP contribution is 2.29. The fraction of sp³-hybridized carbons (Fsp3) is 0.368. The summed E-state index contributed by atoms with van der Waals surface area (Å²) in [5.41, 5.74) is 2.36. The molecule has 4 nitrogen and oxygen atoms in total. The SMILES string of the molecule is Cc1ccc(C2OCCCC2NC(=O)CSc2ccncc2)cc1. The van der Waals surface area contributed by atoms with Crippen LogP contribution < -0.4 is 5.32 Å². The Bertz CT molecular complexity index is 661. The molecule has 5 heteroatoms. The Labute approximate surface area is 147 Å². The predicted octanol–water partition coefficient (Wildman–Crippen LogP) is 3.52. The summed E-state index contributed by atoms with van der Waals surface area (Å²) in [5.74, 6) is 0.450. The topological polar surface area (TPSA) is 51.2 Å². The van der Waals surface area contributed by atoms with Crippen LogP contribution in [0.4, 0.5) is 0 Å². The number of rotatable bonds is 5. The van der Waals surface area contributed by atoms with Crippen molar-refractivity contribution in [2.24, 2.45) is 0 Å². The molecule has 1 aliphatic heterocycles. The molecular formula is C19H22N2O2S. The molecule has 1 aromatic heterocycles. The highest BCUT2D eigenvalue weighted by atomic mass is 32.2. The predicted molar refractivity (Wildman–Crippen MR) is 96.0 cm³/mol. The van der Waals surface area contributed by atoms with Gasteiger partial charge < -0.3 is 10.1 Å². The molecule has 1 aliphatic rings. The lowest BCUT2D eigenvalue weighted by Crippen LogP contribution is -2.43. The Morgan fingerprint density at radius 2 is 2.00 bits per heavy atom. The maximum absolute atomic E-state index is 12.3. The zero-order chi connectivity index (χ0) is 16.8. The molecule has 0 saturated carbocycles. The van der Waals surface area contributed by atoms with E-state index < -0.39 is 0 Å². The molecule has 2 heterocycles.